The average molecular weight is 535 g/mol. The number of hydrogen-bond donors (Lipinski definition) is 1. The Bertz CT molecular complexity index is 1110. The number of nitriles is 1. The highest BCUT2D eigenvalue weighted by molar-refractivity contribution is 7.98. The summed E-state index contributed by atoms with van der Waals surface area (Å²) < 4.78 is 22.8. The third-order valence-electron chi connectivity index (χ3n) is 7.19. The van der Waals surface area contributed by atoms with Crippen LogP contribution in [0.15, 0.2) is 10.6 Å². The van der Waals surface area contributed by atoms with Gasteiger partial charge >= 0.3 is 5.97 Å². The number of methoxy groups -OCH3 is 2. The maximum absolute atomic E-state index is 13.0. The molecule has 2 aromatic rings. The van der Waals surface area contributed by atoms with Gasteiger partial charge in [-0.3, -0.25) is 0 Å². The fraction of sp³-hybridized carbons (Fsp3) is 0.600. The van der Waals surface area contributed by atoms with Gasteiger partial charge in [-0.05, 0) is 37.9 Å². The number of ether oxygens (including phenoxy) is 2. The zero-order chi connectivity index (χ0) is 27.3. The molecule has 0 unspecified atom stereocenters. The SMILES string of the molecule is COC(=O)c1c(C)c(OC)cc(O[Si](C)(C)C(C)(C)C(C)C)c1CSC[C@H](NC#N)c1nc(C)no1. The summed E-state index contributed by atoms with van der Waals surface area (Å²) >= 11 is 1.52. The van der Waals surface area contributed by atoms with Crippen molar-refractivity contribution in [3.05, 3.63) is 34.5 Å². The molecule has 0 saturated carbocycles. The molecule has 1 atom stereocenters. The van der Waals surface area contributed by atoms with Crippen molar-refractivity contribution in [2.24, 2.45) is 5.92 Å². The fourth-order valence-electron chi connectivity index (χ4n) is 3.70. The number of carbonyl (C=O) groups is 1. The first-order chi connectivity index (χ1) is 16.8. The van der Waals surface area contributed by atoms with Gasteiger partial charge in [0.15, 0.2) is 12.0 Å². The van der Waals surface area contributed by atoms with E-state index in [1.54, 1.807) is 14.0 Å². The van der Waals surface area contributed by atoms with Gasteiger partial charge in [-0.25, -0.2) is 4.79 Å². The average Bonchev–Trinajstić information content (AvgIpc) is 3.25. The maximum atomic E-state index is 13.0. The van der Waals surface area contributed by atoms with E-state index in [2.05, 4.69) is 56.2 Å². The Labute approximate surface area is 219 Å². The summed E-state index contributed by atoms with van der Waals surface area (Å²) in [7, 11) is 0.625. The molecule has 36 heavy (non-hydrogen) atoms. The van der Waals surface area contributed by atoms with Crippen molar-refractivity contribution in [3.63, 3.8) is 0 Å². The van der Waals surface area contributed by atoms with Gasteiger partial charge in [-0.2, -0.15) is 22.0 Å². The Morgan fingerprint density at radius 3 is 2.44 bits per heavy atom. The van der Waals surface area contributed by atoms with E-state index in [1.807, 2.05) is 19.2 Å². The predicted molar refractivity (Wildman–Crippen MR) is 143 cm³/mol. The minimum atomic E-state index is -2.32. The summed E-state index contributed by atoms with van der Waals surface area (Å²) in [5.74, 6) is 2.87. The first-order valence-electron chi connectivity index (χ1n) is 11.8. The number of nitrogens with one attached hydrogen (secondary N) is 1. The standard InChI is InChI=1S/C25H38N4O5SSi/c1-15(2)25(5,6)36(9,10)34-21-11-20(31-7)16(3)22(24(30)32-8)18(21)12-35-13-19(27-14-26)23-28-17(4)29-33-23/h11,15,19,27H,12-13H2,1-10H3/t19-/m0/s1. The number of hydrogen-bond acceptors (Lipinski definition) is 10. The van der Waals surface area contributed by atoms with Gasteiger partial charge < -0.3 is 23.7 Å². The lowest BCUT2D eigenvalue weighted by Crippen LogP contribution is -2.48. The van der Waals surface area contributed by atoms with Gasteiger partial charge in [0.05, 0.1) is 19.8 Å². The number of carbonyl (C=O) groups excluding carboxylic acids is 1. The third-order valence-corrected chi connectivity index (χ3v) is 12.7. The lowest BCUT2D eigenvalue weighted by molar-refractivity contribution is 0.0598. The smallest absolute Gasteiger partial charge is 0.338 e. The molecule has 2 rings (SSSR count). The summed E-state index contributed by atoms with van der Waals surface area (Å²) in [5, 5.41) is 15.7. The highest BCUT2D eigenvalue weighted by Crippen LogP contribution is 2.47. The van der Waals surface area contributed by atoms with Crippen LogP contribution in [0.1, 0.15) is 66.9 Å². The Morgan fingerprint density at radius 2 is 1.94 bits per heavy atom. The van der Waals surface area contributed by atoms with Crippen LogP contribution in [0.2, 0.25) is 18.1 Å². The van der Waals surface area contributed by atoms with E-state index in [4.69, 9.17) is 18.4 Å². The van der Waals surface area contributed by atoms with Crippen LogP contribution in [0, 0.1) is 31.2 Å². The van der Waals surface area contributed by atoms with Gasteiger partial charge in [0, 0.05) is 28.7 Å². The second-order valence-electron chi connectivity index (χ2n) is 10.0. The number of esters is 1. The molecule has 0 aliphatic heterocycles. The van der Waals surface area contributed by atoms with Crippen LogP contribution in [0.25, 0.3) is 0 Å². The van der Waals surface area contributed by atoms with Crippen LogP contribution in [0.5, 0.6) is 11.5 Å². The van der Waals surface area contributed by atoms with Crippen molar-refractivity contribution < 1.29 is 23.2 Å². The van der Waals surface area contributed by atoms with Crippen LogP contribution in [0.3, 0.4) is 0 Å². The zero-order valence-corrected chi connectivity index (χ0v) is 24.8. The molecule has 0 fully saturated rings. The molecule has 0 bridgehead atoms. The number of thioether (sulfide) groups is 1. The third kappa shape index (κ3) is 6.34. The number of aryl methyl sites for hydroxylation is 1. The summed E-state index contributed by atoms with van der Waals surface area (Å²) in [6.45, 7) is 16.8. The first-order valence-corrected chi connectivity index (χ1v) is 15.9. The zero-order valence-electron chi connectivity index (χ0n) is 22.9. The Hall–Kier alpha value is -2.71. The van der Waals surface area contributed by atoms with E-state index >= 15 is 0 Å². The molecule has 1 heterocycles. The lowest BCUT2D eigenvalue weighted by Gasteiger charge is -2.43. The molecule has 1 aromatic heterocycles. The highest BCUT2D eigenvalue weighted by Gasteiger charge is 2.45. The maximum Gasteiger partial charge on any atom is 0.338 e. The van der Waals surface area contributed by atoms with Crippen LogP contribution >= 0.6 is 11.8 Å². The lowest BCUT2D eigenvalue weighted by atomic mass is 9.99. The van der Waals surface area contributed by atoms with E-state index in [1.165, 1.54) is 18.9 Å². The van der Waals surface area contributed by atoms with Crippen LogP contribution < -0.4 is 14.5 Å². The van der Waals surface area contributed by atoms with Crippen LogP contribution in [-0.2, 0) is 10.5 Å². The second kappa shape index (κ2) is 12.0. The Balaban J connectivity index is 2.51. The number of benzene rings is 1. The first kappa shape index (κ1) is 29.5. The largest absolute Gasteiger partial charge is 0.543 e. The predicted octanol–water partition coefficient (Wildman–Crippen LogP) is 5.55. The minimum Gasteiger partial charge on any atom is -0.543 e. The van der Waals surface area contributed by atoms with Crippen molar-refractivity contribution in [2.75, 3.05) is 20.0 Å². The summed E-state index contributed by atoms with van der Waals surface area (Å²) in [6.07, 6.45) is 1.96. The van der Waals surface area contributed by atoms with Crippen molar-refractivity contribution in [2.45, 2.75) is 71.5 Å². The molecule has 0 aliphatic carbocycles. The van der Waals surface area contributed by atoms with E-state index in [9.17, 15) is 10.1 Å². The van der Waals surface area contributed by atoms with Gasteiger partial charge in [0.2, 0.25) is 0 Å². The van der Waals surface area contributed by atoms with Gasteiger partial charge in [0.25, 0.3) is 14.2 Å². The Morgan fingerprint density at radius 1 is 1.28 bits per heavy atom. The number of aromatic nitrogens is 2. The van der Waals surface area contributed by atoms with Crippen molar-refractivity contribution >= 4 is 26.0 Å². The summed E-state index contributed by atoms with van der Waals surface area (Å²) in [6, 6.07) is 1.41. The summed E-state index contributed by atoms with van der Waals surface area (Å²) in [4.78, 5) is 17.2. The molecular formula is C25H38N4O5SSi. The highest BCUT2D eigenvalue weighted by atomic mass is 32.2. The molecule has 198 valence electrons. The molecule has 0 aliphatic rings. The fourth-order valence-corrected chi connectivity index (χ4v) is 7.16. The van der Waals surface area contributed by atoms with E-state index in [0.29, 0.717) is 51.8 Å². The second-order valence-corrected chi connectivity index (χ2v) is 15.6. The van der Waals surface area contributed by atoms with E-state index in [-0.39, 0.29) is 5.04 Å². The van der Waals surface area contributed by atoms with Gasteiger partial charge in [0.1, 0.15) is 17.5 Å². The summed E-state index contributed by atoms with van der Waals surface area (Å²) in [5.41, 5.74) is 1.86. The van der Waals surface area contributed by atoms with E-state index in [0.717, 1.165) is 5.56 Å². The molecule has 1 aromatic carbocycles. The molecule has 9 nitrogen and oxygen atoms in total. The molecule has 0 saturated heterocycles. The minimum absolute atomic E-state index is 0.0431. The topological polar surface area (TPSA) is 120 Å². The normalized spacial score (nSPS) is 12.7. The molecule has 0 radical (unpaired) electrons. The van der Waals surface area contributed by atoms with Gasteiger partial charge in [-0.1, -0.05) is 32.9 Å². The van der Waals surface area contributed by atoms with Crippen molar-refractivity contribution in [3.8, 4) is 17.7 Å². The molecule has 11 heteroatoms. The quantitative estimate of drug-likeness (QED) is 0.161. The van der Waals surface area contributed by atoms with E-state index < -0.39 is 20.3 Å². The molecule has 0 spiro atoms. The Kier molecular flexibility index (Phi) is 9.85. The number of rotatable bonds is 12. The monoisotopic (exact) mass is 534 g/mol. The molecule has 0 amide bonds. The van der Waals surface area contributed by atoms with Gasteiger partial charge in [-0.15, -0.1) is 0 Å². The van der Waals surface area contributed by atoms with Crippen LogP contribution in [-0.4, -0.2) is 44.4 Å². The molecular weight excluding hydrogens is 496 g/mol. The van der Waals surface area contributed by atoms with Crippen molar-refractivity contribution in [1.82, 2.24) is 15.5 Å². The molecule has 1 N–H and O–H groups in total. The van der Waals surface area contributed by atoms with Crippen LogP contribution in [0.4, 0.5) is 0 Å². The number of nitrogens with zero attached hydrogens (tertiary/aromatic N) is 3. The van der Waals surface area contributed by atoms with Crippen molar-refractivity contribution in [1.29, 1.82) is 5.26 Å².